The lowest BCUT2D eigenvalue weighted by atomic mass is 9.83. The van der Waals surface area contributed by atoms with Crippen molar-refractivity contribution in [1.29, 1.82) is 0 Å². The van der Waals surface area contributed by atoms with Crippen molar-refractivity contribution < 1.29 is 27.8 Å². The Morgan fingerprint density at radius 1 is 1.05 bits per heavy atom. The largest absolute Gasteiger partial charge is 0.492 e. The number of nitrogens with zero attached hydrogens (tertiary/aromatic N) is 1. The summed E-state index contributed by atoms with van der Waals surface area (Å²) in [6, 6.07) is 10.8. The van der Waals surface area contributed by atoms with Crippen LogP contribution in [0.25, 0.3) is 0 Å². The molecule has 0 amide bonds. The van der Waals surface area contributed by atoms with Crippen molar-refractivity contribution in [3.05, 3.63) is 94.7 Å². The molecule has 2 aromatic rings. The number of aliphatic hydroxyl groups is 1. The molecule has 0 bridgehead atoms. The van der Waals surface area contributed by atoms with Crippen LogP contribution in [-0.4, -0.2) is 41.4 Å². The highest BCUT2D eigenvalue weighted by Crippen LogP contribution is 2.39. The summed E-state index contributed by atoms with van der Waals surface area (Å²) in [5.74, 6) is 1.26. The molecule has 0 unspecified atom stereocenters. The standard InChI is InChI=1S/C28H28ClF3N2O3S.C2H6/c29-25-12-7-20(19-24(25)28(30,31)32)27(35)13-15-34(16-14-27)17-18-36-22-8-10-23(11-9-22)37-26(38)33-21-5-3-1-2-4-6-21;1-2/h1-5,7-12,19,35H,6,13-18H2,(H,33,38);1-2H3. The fourth-order valence-electron chi connectivity index (χ4n) is 4.30. The normalized spacial score (nSPS) is 16.7. The van der Waals surface area contributed by atoms with Gasteiger partial charge in [0.15, 0.2) is 0 Å². The molecule has 2 N–H and O–H groups in total. The monoisotopic (exact) mass is 594 g/mol. The summed E-state index contributed by atoms with van der Waals surface area (Å²) >= 11 is 11.0. The number of likely N-dealkylation sites (tertiary alicyclic amines) is 1. The molecular formula is C30H34ClF3N2O3S. The second-order valence-electron chi connectivity index (χ2n) is 9.11. The molecule has 1 fully saturated rings. The molecule has 10 heteroatoms. The van der Waals surface area contributed by atoms with E-state index in [1.165, 1.54) is 12.1 Å². The molecule has 4 rings (SSSR count). The number of alkyl halides is 3. The van der Waals surface area contributed by atoms with E-state index in [0.29, 0.717) is 50.6 Å². The zero-order valence-electron chi connectivity index (χ0n) is 22.5. The van der Waals surface area contributed by atoms with Crippen molar-refractivity contribution in [2.45, 2.75) is 44.9 Å². The maximum absolute atomic E-state index is 13.2. The minimum Gasteiger partial charge on any atom is -0.492 e. The molecule has 1 aliphatic heterocycles. The van der Waals surface area contributed by atoms with Crippen LogP contribution >= 0.6 is 23.8 Å². The van der Waals surface area contributed by atoms with Crippen LogP contribution in [0.15, 0.2) is 78.5 Å². The summed E-state index contributed by atoms with van der Waals surface area (Å²) in [7, 11) is 0. The minimum atomic E-state index is -4.57. The van der Waals surface area contributed by atoms with Gasteiger partial charge in [0, 0.05) is 31.8 Å². The smallest absolute Gasteiger partial charge is 0.417 e. The Bertz CT molecular complexity index is 1220. The fourth-order valence-corrected chi connectivity index (χ4v) is 4.75. The number of ether oxygens (including phenoxy) is 2. The van der Waals surface area contributed by atoms with Gasteiger partial charge in [0.2, 0.25) is 0 Å². The van der Waals surface area contributed by atoms with Gasteiger partial charge in [-0.1, -0.05) is 55.8 Å². The van der Waals surface area contributed by atoms with Gasteiger partial charge < -0.3 is 19.9 Å². The molecule has 40 heavy (non-hydrogen) atoms. The second-order valence-corrected chi connectivity index (χ2v) is 9.89. The van der Waals surface area contributed by atoms with Crippen LogP contribution in [0.1, 0.15) is 44.2 Å². The summed E-state index contributed by atoms with van der Waals surface area (Å²) in [5, 5.41) is 14.0. The van der Waals surface area contributed by atoms with E-state index >= 15 is 0 Å². The minimum absolute atomic E-state index is 0.238. The highest BCUT2D eigenvalue weighted by Gasteiger charge is 2.38. The van der Waals surface area contributed by atoms with E-state index in [-0.39, 0.29) is 15.8 Å². The Balaban J connectivity index is 0.00000216. The van der Waals surface area contributed by atoms with Crippen LogP contribution in [0, 0.1) is 0 Å². The molecular weight excluding hydrogens is 561 g/mol. The molecule has 216 valence electrons. The average Bonchev–Trinajstić information content (AvgIpc) is 3.20. The SMILES string of the molecule is CC.OC1(c2ccc(Cl)c(C(F)(F)F)c2)CCN(CCOc2ccc(OC(=S)NC3=CC=CC=CC3)cc2)CC1. The number of piperidine rings is 1. The number of hydrogen-bond acceptors (Lipinski definition) is 5. The topological polar surface area (TPSA) is 54.0 Å². The maximum Gasteiger partial charge on any atom is 0.417 e. The molecule has 0 aromatic heterocycles. The van der Waals surface area contributed by atoms with Crippen molar-refractivity contribution in [2.24, 2.45) is 0 Å². The van der Waals surface area contributed by atoms with Gasteiger partial charge in [0.1, 0.15) is 18.1 Å². The van der Waals surface area contributed by atoms with E-state index in [0.717, 1.165) is 18.2 Å². The number of rotatable bonds is 7. The van der Waals surface area contributed by atoms with Crippen LogP contribution in [0.3, 0.4) is 0 Å². The summed E-state index contributed by atoms with van der Waals surface area (Å²) in [4.78, 5) is 2.11. The highest BCUT2D eigenvalue weighted by molar-refractivity contribution is 7.80. The predicted octanol–water partition coefficient (Wildman–Crippen LogP) is 7.40. The molecule has 2 aromatic carbocycles. The average molecular weight is 595 g/mol. The lowest BCUT2D eigenvalue weighted by Crippen LogP contribution is -2.44. The first kappa shape index (κ1) is 31.7. The van der Waals surface area contributed by atoms with Crippen LogP contribution in [0.2, 0.25) is 5.02 Å². The van der Waals surface area contributed by atoms with Gasteiger partial charge in [-0.05, 0) is 73.1 Å². The fraction of sp³-hybridized carbons (Fsp3) is 0.367. The first-order valence-electron chi connectivity index (χ1n) is 13.2. The molecule has 1 saturated heterocycles. The van der Waals surface area contributed by atoms with Gasteiger partial charge in [-0.15, -0.1) is 0 Å². The molecule has 1 heterocycles. The van der Waals surface area contributed by atoms with E-state index in [1.807, 2.05) is 44.2 Å². The molecule has 0 atom stereocenters. The molecule has 0 saturated carbocycles. The molecule has 1 aliphatic carbocycles. The lowest BCUT2D eigenvalue weighted by molar-refractivity contribution is -0.137. The van der Waals surface area contributed by atoms with Crippen LogP contribution in [0.5, 0.6) is 11.5 Å². The maximum atomic E-state index is 13.2. The Morgan fingerprint density at radius 3 is 2.40 bits per heavy atom. The van der Waals surface area contributed by atoms with Gasteiger partial charge in [0.05, 0.1) is 16.2 Å². The zero-order valence-corrected chi connectivity index (χ0v) is 24.1. The number of allylic oxidation sites excluding steroid dienone is 5. The number of nitrogens with one attached hydrogen (secondary N) is 1. The summed E-state index contributed by atoms with van der Waals surface area (Å²) in [6.45, 7) is 6.11. The highest BCUT2D eigenvalue weighted by atomic mass is 35.5. The van der Waals surface area contributed by atoms with Crippen LogP contribution in [-0.2, 0) is 11.8 Å². The number of thiocarbonyl (C=S) groups is 1. The van der Waals surface area contributed by atoms with Crippen molar-refractivity contribution in [2.75, 3.05) is 26.2 Å². The Labute approximate surface area is 243 Å². The Kier molecular flexibility index (Phi) is 11.6. The van der Waals surface area contributed by atoms with Crippen molar-refractivity contribution >= 4 is 29.0 Å². The first-order valence-corrected chi connectivity index (χ1v) is 14.0. The Morgan fingerprint density at radius 2 is 1.73 bits per heavy atom. The van der Waals surface area contributed by atoms with Crippen molar-refractivity contribution in [1.82, 2.24) is 10.2 Å². The summed E-state index contributed by atoms with van der Waals surface area (Å²) in [6.07, 6.45) is 6.60. The predicted molar refractivity (Wildman–Crippen MR) is 157 cm³/mol. The Hall–Kier alpha value is -2.85. The molecule has 0 spiro atoms. The number of halogens is 4. The molecule has 2 aliphatic rings. The van der Waals surface area contributed by atoms with Gasteiger partial charge >= 0.3 is 6.18 Å². The van der Waals surface area contributed by atoms with Gasteiger partial charge in [-0.2, -0.15) is 13.2 Å². The van der Waals surface area contributed by atoms with Gasteiger partial charge in [-0.3, -0.25) is 4.90 Å². The first-order chi connectivity index (χ1) is 19.1. The summed E-state index contributed by atoms with van der Waals surface area (Å²) < 4.78 is 51.2. The third-order valence-corrected chi connectivity index (χ3v) is 6.97. The molecule has 0 radical (unpaired) electrons. The third-order valence-electron chi connectivity index (χ3n) is 6.46. The van der Waals surface area contributed by atoms with E-state index < -0.39 is 17.3 Å². The van der Waals surface area contributed by atoms with Crippen LogP contribution in [0.4, 0.5) is 13.2 Å². The van der Waals surface area contributed by atoms with E-state index in [1.54, 1.807) is 24.3 Å². The van der Waals surface area contributed by atoms with E-state index in [2.05, 4.69) is 10.2 Å². The zero-order chi connectivity index (χ0) is 29.2. The molecule has 5 nitrogen and oxygen atoms in total. The van der Waals surface area contributed by atoms with Crippen molar-refractivity contribution in [3.8, 4) is 11.5 Å². The van der Waals surface area contributed by atoms with E-state index in [4.69, 9.17) is 33.3 Å². The van der Waals surface area contributed by atoms with Gasteiger partial charge in [-0.25, -0.2) is 0 Å². The van der Waals surface area contributed by atoms with Crippen molar-refractivity contribution in [3.63, 3.8) is 0 Å². The summed E-state index contributed by atoms with van der Waals surface area (Å²) in [5.41, 5.74) is -1.08. The van der Waals surface area contributed by atoms with E-state index in [9.17, 15) is 18.3 Å². The quantitative estimate of drug-likeness (QED) is 0.326. The lowest BCUT2D eigenvalue weighted by Gasteiger charge is -2.38. The second kappa shape index (κ2) is 14.7. The van der Waals surface area contributed by atoms with Gasteiger partial charge in [0.25, 0.3) is 5.17 Å². The number of hydrogen-bond donors (Lipinski definition) is 2. The number of benzene rings is 2. The third kappa shape index (κ3) is 9.09. The van der Waals surface area contributed by atoms with Crippen LogP contribution < -0.4 is 14.8 Å².